The maximum absolute atomic E-state index is 13.4. The summed E-state index contributed by atoms with van der Waals surface area (Å²) in [6, 6.07) is 6.37. The van der Waals surface area contributed by atoms with Gasteiger partial charge >= 0.3 is 6.09 Å². The van der Waals surface area contributed by atoms with Gasteiger partial charge in [0.1, 0.15) is 0 Å². The highest BCUT2D eigenvalue weighted by Crippen LogP contribution is 2.35. The summed E-state index contributed by atoms with van der Waals surface area (Å²) in [5.41, 5.74) is 1.07. The van der Waals surface area contributed by atoms with Gasteiger partial charge < -0.3 is 19.7 Å². The van der Waals surface area contributed by atoms with Crippen LogP contribution >= 0.6 is 0 Å². The first-order valence-electron chi connectivity index (χ1n) is 15.9. The number of sulfonamides is 1. The molecule has 2 heterocycles. The lowest BCUT2D eigenvalue weighted by Crippen LogP contribution is -2.69. The Morgan fingerprint density at radius 3 is 2.33 bits per heavy atom. The average molecular weight is 623 g/mol. The fourth-order valence-corrected chi connectivity index (χ4v) is 6.53. The lowest BCUT2D eigenvalue weighted by Gasteiger charge is -2.52. The van der Waals surface area contributed by atoms with Crippen LogP contribution in [0.5, 0.6) is 0 Å². The molecule has 2 amide bonds. The molecule has 2 unspecified atom stereocenters. The number of piperidine rings is 1. The van der Waals surface area contributed by atoms with Crippen molar-refractivity contribution in [3.8, 4) is 0 Å². The van der Waals surface area contributed by atoms with Crippen molar-refractivity contribution in [2.24, 2.45) is 10.5 Å². The number of hydrogen-bond acceptors (Lipinski definition) is 7. The van der Waals surface area contributed by atoms with Crippen molar-refractivity contribution in [2.75, 3.05) is 19.8 Å². The minimum Gasteiger partial charge on any atom is -0.449 e. The molecule has 1 aromatic rings. The first kappa shape index (κ1) is 36.5. The smallest absolute Gasteiger partial charge is 0.407 e. The van der Waals surface area contributed by atoms with Crippen LogP contribution in [0.2, 0.25) is 0 Å². The Labute approximate surface area is 259 Å². The molecule has 2 saturated heterocycles. The van der Waals surface area contributed by atoms with E-state index in [1.165, 1.54) is 0 Å². The van der Waals surface area contributed by atoms with E-state index in [4.69, 9.17) is 9.47 Å². The number of nitrogens with one attached hydrogen (secondary N) is 2. The molecule has 0 aromatic heterocycles. The predicted molar refractivity (Wildman–Crippen MR) is 170 cm³/mol. The van der Waals surface area contributed by atoms with Gasteiger partial charge in [-0.25, -0.2) is 9.63 Å². The Hall–Kier alpha value is -2.66. The van der Waals surface area contributed by atoms with Gasteiger partial charge in [-0.3, -0.25) is 4.79 Å². The molecule has 1 aromatic carbocycles. The van der Waals surface area contributed by atoms with Gasteiger partial charge in [-0.1, -0.05) is 66.2 Å². The number of likely N-dealkylation sites (tertiary alicyclic amines) is 1. The third kappa shape index (κ3) is 10.5. The highest BCUT2D eigenvalue weighted by atomic mass is 32.2. The van der Waals surface area contributed by atoms with E-state index in [9.17, 15) is 18.0 Å². The molecule has 1 spiro atoms. The number of nitrogens with zero attached hydrogens (tertiary/aromatic N) is 2. The Balaban J connectivity index is 0.00000155. The number of rotatable bonds is 7. The number of benzene rings is 1. The monoisotopic (exact) mass is 622 g/mol. The molecular formula is C32H54N4O6S. The van der Waals surface area contributed by atoms with Crippen molar-refractivity contribution in [3.05, 3.63) is 29.8 Å². The molecule has 2 atom stereocenters. The molecule has 3 aliphatic rings. The maximum Gasteiger partial charge on any atom is 0.407 e. The fraction of sp³-hybridized carbons (Fsp3) is 0.719. The number of ether oxygens (including phenoxy) is 2. The second-order valence-corrected chi connectivity index (χ2v) is 13.9. The number of aryl methyl sites for hydroxylation is 1. The molecule has 3 fully saturated rings. The van der Waals surface area contributed by atoms with E-state index in [1.807, 2.05) is 60.3 Å². The summed E-state index contributed by atoms with van der Waals surface area (Å²) in [7, 11) is -3.71. The van der Waals surface area contributed by atoms with Crippen molar-refractivity contribution in [3.63, 3.8) is 0 Å². The minimum absolute atomic E-state index is 0.0354. The van der Waals surface area contributed by atoms with Gasteiger partial charge in [0.25, 0.3) is 10.0 Å². The third-order valence-corrected chi connectivity index (χ3v) is 9.05. The highest BCUT2D eigenvalue weighted by Gasteiger charge is 2.49. The average Bonchev–Trinajstić information content (AvgIpc) is 2.97. The van der Waals surface area contributed by atoms with Crippen molar-refractivity contribution in [1.29, 1.82) is 0 Å². The van der Waals surface area contributed by atoms with E-state index in [0.717, 1.165) is 24.1 Å². The quantitative estimate of drug-likeness (QED) is 0.363. The number of amides is 2. The normalized spacial score (nSPS) is 24.0. The molecule has 4 rings (SSSR count). The molecule has 244 valence electrons. The topological polar surface area (TPSA) is 126 Å². The van der Waals surface area contributed by atoms with E-state index >= 15 is 0 Å². The molecular weight excluding hydrogens is 568 g/mol. The van der Waals surface area contributed by atoms with Gasteiger partial charge in [0.2, 0.25) is 5.91 Å². The van der Waals surface area contributed by atoms with Crippen LogP contribution in [0, 0.1) is 12.3 Å². The van der Waals surface area contributed by atoms with E-state index in [-0.39, 0.29) is 28.4 Å². The van der Waals surface area contributed by atoms with Gasteiger partial charge in [0.15, 0.2) is 0 Å². The van der Waals surface area contributed by atoms with Crippen LogP contribution in [-0.2, 0) is 24.3 Å². The molecule has 10 nitrogen and oxygen atoms in total. The second-order valence-electron chi connectivity index (χ2n) is 12.2. The number of hydrazone groups is 1. The summed E-state index contributed by atoms with van der Waals surface area (Å²) in [4.78, 5) is 30.0. The summed E-state index contributed by atoms with van der Waals surface area (Å²) < 4.78 is 36.7. The number of carbonyl (C=O) groups is 2. The predicted octanol–water partition coefficient (Wildman–Crippen LogP) is 5.94. The van der Waals surface area contributed by atoms with Crippen LogP contribution in [0.1, 0.15) is 105 Å². The summed E-state index contributed by atoms with van der Waals surface area (Å²) in [5.74, 6) is 0.0786. The Bertz CT molecular complexity index is 1170. The lowest BCUT2D eigenvalue weighted by molar-refractivity contribution is -0.145. The summed E-state index contributed by atoms with van der Waals surface area (Å²) in [6.07, 6.45) is 4.82. The Kier molecular flexibility index (Phi) is 14.0. The van der Waals surface area contributed by atoms with Crippen molar-refractivity contribution < 1.29 is 27.5 Å². The second kappa shape index (κ2) is 16.4. The zero-order chi connectivity index (χ0) is 32.3. The van der Waals surface area contributed by atoms with Crippen LogP contribution in [0.25, 0.3) is 0 Å². The van der Waals surface area contributed by atoms with Gasteiger partial charge in [-0.2, -0.15) is 13.5 Å². The molecule has 2 aliphatic heterocycles. The van der Waals surface area contributed by atoms with Gasteiger partial charge in [-0.05, 0) is 63.0 Å². The van der Waals surface area contributed by atoms with Crippen molar-refractivity contribution in [1.82, 2.24) is 15.0 Å². The molecule has 2 N–H and O–H groups in total. The van der Waals surface area contributed by atoms with Gasteiger partial charge in [0.05, 0.1) is 35.8 Å². The Morgan fingerprint density at radius 2 is 1.74 bits per heavy atom. The number of cyclic esters (lactones) is 1. The first-order valence-corrected chi connectivity index (χ1v) is 17.4. The first-order chi connectivity index (χ1) is 20.4. The van der Waals surface area contributed by atoms with E-state index in [2.05, 4.69) is 15.2 Å². The fourth-order valence-electron chi connectivity index (χ4n) is 5.68. The minimum atomic E-state index is -3.71. The molecule has 1 aliphatic carbocycles. The molecule has 1 saturated carbocycles. The van der Waals surface area contributed by atoms with Gasteiger partial charge in [0, 0.05) is 25.1 Å². The molecule has 0 bridgehead atoms. The molecule has 43 heavy (non-hydrogen) atoms. The summed E-state index contributed by atoms with van der Waals surface area (Å²) in [5, 5.41) is 7.25. The van der Waals surface area contributed by atoms with E-state index in [0.29, 0.717) is 58.3 Å². The zero-order valence-corrected chi connectivity index (χ0v) is 28.3. The highest BCUT2D eigenvalue weighted by molar-refractivity contribution is 7.89. The zero-order valence-electron chi connectivity index (χ0n) is 27.5. The SMILES string of the molecule is CC.CC.Cc1ccc(S(=O)(=O)NN=C2CCC(OCC3N(C(=O)CC(C)(C)C)CCCC34CCOC(=O)N4)CC2)cc1. The lowest BCUT2D eigenvalue weighted by atomic mass is 9.77. The van der Waals surface area contributed by atoms with Crippen molar-refractivity contribution in [2.45, 2.75) is 129 Å². The van der Waals surface area contributed by atoms with Crippen LogP contribution < -0.4 is 10.1 Å². The third-order valence-electron chi connectivity index (χ3n) is 7.83. The Morgan fingerprint density at radius 1 is 1.12 bits per heavy atom. The van der Waals surface area contributed by atoms with E-state index < -0.39 is 21.7 Å². The van der Waals surface area contributed by atoms with E-state index in [1.54, 1.807) is 24.3 Å². The summed E-state index contributed by atoms with van der Waals surface area (Å²) >= 11 is 0. The number of carbonyl (C=O) groups excluding carboxylic acids is 2. The van der Waals surface area contributed by atoms with Crippen LogP contribution in [-0.4, -0.2) is 68.5 Å². The largest absolute Gasteiger partial charge is 0.449 e. The van der Waals surface area contributed by atoms with Crippen molar-refractivity contribution >= 4 is 27.7 Å². The maximum atomic E-state index is 13.4. The standard InChI is InChI=1S/C28H42N4O6S.2C2H6/c1-20-6-12-23(13-7-20)39(35,36)31-30-21-8-10-22(11-9-21)38-19-24-28(15-17-37-26(34)29-28)14-5-16-32(24)25(33)18-27(2,3)4;2*1-2/h6-7,12-13,22,24,31H,5,8-11,14-19H2,1-4H3,(H,29,34);2*1-2H3. The molecule has 11 heteroatoms. The van der Waals surface area contributed by atoms with Crippen LogP contribution in [0.15, 0.2) is 34.3 Å². The number of alkyl carbamates (subject to hydrolysis) is 1. The number of hydrogen-bond donors (Lipinski definition) is 2. The molecule has 0 radical (unpaired) electrons. The van der Waals surface area contributed by atoms with Crippen LogP contribution in [0.4, 0.5) is 4.79 Å². The summed E-state index contributed by atoms with van der Waals surface area (Å²) in [6.45, 7) is 17.3. The van der Waals surface area contributed by atoms with Gasteiger partial charge in [-0.15, -0.1) is 0 Å². The van der Waals surface area contributed by atoms with Crippen LogP contribution in [0.3, 0.4) is 0 Å².